The highest BCUT2D eigenvalue weighted by atomic mass is 16.3. The van der Waals surface area contributed by atoms with Gasteiger partial charge in [0.05, 0.1) is 0 Å². The summed E-state index contributed by atoms with van der Waals surface area (Å²) in [5.41, 5.74) is 1.54. The molecule has 13 heavy (non-hydrogen) atoms. The first-order chi connectivity index (χ1) is 6.06. The van der Waals surface area contributed by atoms with Crippen molar-refractivity contribution in [2.24, 2.45) is 0 Å². The Balaban J connectivity index is 3.13. The van der Waals surface area contributed by atoms with Crippen molar-refractivity contribution < 1.29 is 10.2 Å². The molecule has 2 N–H and O–H groups in total. The molecule has 0 aliphatic heterocycles. The number of hydrogen-bond donors (Lipinski definition) is 2. The summed E-state index contributed by atoms with van der Waals surface area (Å²) >= 11 is 0. The Hall–Kier alpha value is -1.18. The smallest absolute Gasteiger partial charge is 0.122 e. The summed E-state index contributed by atoms with van der Waals surface area (Å²) in [5, 5.41) is 18.9. The summed E-state index contributed by atoms with van der Waals surface area (Å²) in [6.07, 6.45) is 1.00. The number of rotatable bonds is 2. The summed E-state index contributed by atoms with van der Waals surface area (Å²) in [7, 11) is 0. The zero-order valence-corrected chi connectivity index (χ0v) is 8.33. The molecule has 72 valence electrons. The summed E-state index contributed by atoms with van der Waals surface area (Å²) in [5.74, 6) is 0.725. The normalized spacial score (nSPS) is 12.8. The third-order valence-electron chi connectivity index (χ3n) is 2.56. The van der Waals surface area contributed by atoms with Crippen molar-refractivity contribution in [3.63, 3.8) is 0 Å². The van der Waals surface area contributed by atoms with Gasteiger partial charge in [0.15, 0.2) is 0 Å². The van der Waals surface area contributed by atoms with Crippen LogP contribution in [0.4, 0.5) is 0 Å². The van der Waals surface area contributed by atoms with Gasteiger partial charge in [0.1, 0.15) is 11.5 Å². The van der Waals surface area contributed by atoms with Gasteiger partial charge in [0.25, 0.3) is 0 Å². The van der Waals surface area contributed by atoms with Crippen molar-refractivity contribution >= 4 is 0 Å². The molecule has 1 atom stereocenters. The number of aromatic hydroxyl groups is 2. The largest absolute Gasteiger partial charge is 0.508 e. The van der Waals surface area contributed by atoms with Gasteiger partial charge in [-0.3, -0.25) is 0 Å². The fraction of sp³-hybridized carbons (Fsp3) is 0.455. The lowest BCUT2D eigenvalue weighted by Crippen LogP contribution is -1.91. The molecule has 0 fully saturated rings. The van der Waals surface area contributed by atoms with E-state index in [2.05, 4.69) is 13.8 Å². The van der Waals surface area contributed by atoms with Crippen LogP contribution >= 0.6 is 0 Å². The first kappa shape index (κ1) is 9.90. The van der Waals surface area contributed by atoms with Gasteiger partial charge in [-0.25, -0.2) is 0 Å². The van der Waals surface area contributed by atoms with Crippen molar-refractivity contribution in [1.82, 2.24) is 0 Å². The van der Waals surface area contributed by atoms with Crippen LogP contribution in [0.3, 0.4) is 0 Å². The molecule has 0 aliphatic carbocycles. The third-order valence-corrected chi connectivity index (χ3v) is 2.56. The summed E-state index contributed by atoms with van der Waals surface area (Å²) in [6.45, 7) is 5.85. The van der Waals surface area contributed by atoms with Crippen molar-refractivity contribution in [3.05, 3.63) is 23.3 Å². The number of benzene rings is 1. The molecule has 0 aliphatic rings. The molecule has 0 amide bonds. The zero-order valence-electron chi connectivity index (χ0n) is 8.33. The Morgan fingerprint density at radius 3 is 2.08 bits per heavy atom. The molecule has 1 rings (SSSR count). The molecule has 0 heterocycles. The molecule has 1 aromatic carbocycles. The second-order valence-electron chi connectivity index (χ2n) is 3.49. The molecule has 0 saturated heterocycles. The number of hydrogen-bond acceptors (Lipinski definition) is 2. The maximum absolute atomic E-state index is 9.47. The number of phenols is 2. The molecule has 1 unspecified atom stereocenters. The first-order valence-corrected chi connectivity index (χ1v) is 4.58. The highest BCUT2D eigenvalue weighted by molar-refractivity contribution is 5.46. The lowest BCUT2D eigenvalue weighted by atomic mass is 9.97. The van der Waals surface area contributed by atoms with E-state index in [0.717, 1.165) is 12.0 Å². The molecule has 0 saturated carbocycles. The van der Waals surface area contributed by atoms with Crippen LogP contribution in [0, 0.1) is 6.92 Å². The second kappa shape index (κ2) is 3.69. The Labute approximate surface area is 78.8 Å². The molecule has 0 radical (unpaired) electrons. The molecule has 0 aromatic heterocycles. The van der Waals surface area contributed by atoms with E-state index in [-0.39, 0.29) is 11.5 Å². The average Bonchev–Trinajstić information content (AvgIpc) is 2.12. The summed E-state index contributed by atoms with van der Waals surface area (Å²) < 4.78 is 0. The predicted octanol–water partition coefficient (Wildman–Crippen LogP) is 2.92. The van der Waals surface area contributed by atoms with Gasteiger partial charge in [0.2, 0.25) is 0 Å². The summed E-state index contributed by atoms with van der Waals surface area (Å²) in [6, 6.07) is 3.45. The van der Waals surface area contributed by atoms with Crippen LogP contribution in [-0.4, -0.2) is 10.2 Å². The standard InChI is InChI=1S/C11H16O2/c1-4-7(2)9-5-10(12)8(3)11(13)6-9/h5-7,12-13H,4H2,1-3H3. The van der Waals surface area contributed by atoms with E-state index >= 15 is 0 Å². The number of phenolic OH excluding ortho intramolecular Hbond substituents is 2. The predicted molar refractivity (Wildman–Crippen MR) is 53.2 cm³/mol. The molecule has 0 spiro atoms. The van der Waals surface area contributed by atoms with E-state index in [0.29, 0.717) is 11.5 Å². The van der Waals surface area contributed by atoms with Gasteiger partial charge in [0, 0.05) is 5.56 Å². The first-order valence-electron chi connectivity index (χ1n) is 4.58. The van der Waals surface area contributed by atoms with Gasteiger partial charge in [-0.15, -0.1) is 0 Å². The van der Waals surface area contributed by atoms with Gasteiger partial charge in [-0.2, -0.15) is 0 Å². The van der Waals surface area contributed by atoms with Gasteiger partial charge >= 0.3 is 0 Å². The maximum atomic E-state index is 9.47. The van der Waals surface area contributed by atoms with E-state index in [1.807, 2.05) is 0 Å². The van der Waals surface area contributed by atoms with Crippen molar-refractivity contribution in [1.29, 1.82) is 0 Å². The van der Waals surface area contributed by atoms with Crippen LogP contribution in [-0.2, 0) is 0 Å². The van der Waals surface area contributed by atoms with Crippen LogP contribution in [0.2, 0.25) is 0 Å². The second-order valence-corrected chi connectivity index (χ2v) is 3.49. The van der Waals surface area contributed by atoms with E-state index in [1.165, 1.54) is 0 Å². The zero-order chi connectivity index (χ0) is 10.0. The van der Waals surface area contributed by atoms with E-state index in [4.69, 9.17) is 0 Å². The maximum Gasteiger partial charge on any atom is 0.122 e. The molecular weight excluding hydrogens is 164 g/mol. The minimum atomic E-state index is 0.176. The minimum Gasteiger partial charge on any atom is -0.508 e. The molecule has 2 nitrogen and oxygen atoms in total. The molecule has 0 bridgehead atoms. The Morgan fingerprint density at radius 1 is 1.23 bits per heavy atom. The Kier molecular flexibility index (Phi) is 2.81. The highest BCUT2D eigenvalue weighted by Gasteiger charge is 2.09. The topological polar surface area (TPSA) is 40.5 Å². The SMILES string of the molecule is CCC(C)c1cc(O)c(C)c(O)c1. The minimum absolute atomic E-state index is 0.176. The van der Waals surface area contributed by atoms with Gasteiger partial charge < -0.3 is 10.2 Å². The van der Waals surface area contributed by atoms with Crippen LogP contribution in [0.1, 0.15) is 37.3 Å². The molecule has 1 aromatic rings. The van der Waals surface area contributed by atoms with Gasteiger partial charge in [-0.1, -0.05) is 13.8 Å². The van der Waals surface area contributed by atoms with E-state index in [1.54, 1.807) is 19.1 Å². The van der Waals surface area contributed by atoms with Crippen LogP contribution in [0.25, 0.3) is 0 Å². The van der Waals surface area contributed by atoms with Crippen molar-refractivity contribution in [2.45, 2.75) is 33.1 Å². The quantitative estimate of drug-likeness (QED) is 0.734. The van der Waals surface area contributed by atoms with E-state index < -0.39 is 0 Å². The fourth-order valence-electron chi connectivity index (χ4n) is 1.23. The monoisotopic (exact) mass is 180 g/mol. The van der Waals surface area contributed by atoms with Crippen LogP contribution < -0.4 is 0 Å². The van der Waals surface area contributed by atoms with Crippen LogP contribution in [0.15, 0.2) is 12.1 Å². The molecular formula is C11H16O2. The molecule has 2 heteroatoms. The average molecular weight is 180 g/mol. The summed E-state index contributed by atoms with van der Waals surface area (Å²) in [4.78, 5) is 0. The lowest BCUT2D eigenvalue weighted by molar-refractivity contribution is 0.440. The highest BCUT2D eigenvalue weighted by Crippen LogP contribution is 2.31. The fourth-order valence-corrected chi connectivity index (χ4v) is 1.23. The Morgan fingerprint density at radius 2 is 1.69 bits per heavy atom. The lowest BCUT2D eigenvalue weighted by Gasteiger charge is -2.11. The van der Waals surface area contributed by atoms with Crippen molar-refractivity contribution in [3.8, 4) is 11.5 Å². The van der Waals surface area contributed by atoms with Crippen LogP contribution in [0.5, 0.6) is 11.5 Å². The van der Waals surface area contributed by atoms with Crippen molar-refractivity contribution in [2.75, 3.05) is 0 Å². The van der Waals surface area contributed by atoms with E-state index in [9.17, 15) is 10.2 Å². The third kappa shape index (κ3) is 1.94. The van der Waals surface area contributed by atoms with Gasteiger partial charge in [-0.05, 0) is 37.0 Å². The Bertz CT molecular complexity index is 282.